The first-order valence-electron chi connectivity index (χ1n) is 7.52. The van der Waals surface area contributed by atoms with E-state index in [1.54, 1.807) is 0 Å². The number of anilines is 1. The molecule has 6 nitrogen and oxygen atoms in total. The number of piperidine rings is 1. The number of fused-ring (bicyclic) bond motifs is 1. The Morgan fingerprint density at radius 1 is 1.40 bits per heavy atom. The molecule has 3 rings (SSSR count). The van der Waals surface area contributed by atoms with Crippen LogP contribution in [0, 0.1) is 5.92 Å². The van der Waals surface area contributed by atoms with Crippen molar-refractivity contribution in [1.29, 1.82) is 0 Å². The van der Waals surface area contributed by atoms with Gasteiger partial charge in [0.1, 0.15) is 5.52 Å². The fourth-order valence-corrected chi connectivity index (χ4v) is 2.55. The van der Waals surface area contributed by atoms with E-state index in [-0.39, 0.29) is 0 Å². The molecule has 0 radical (unpaired) electrons. The van der Waals surface area contributed by atoms with E-state index in [9.17, 15) is 13.2 Å². The Balaban J connectivity index is 0.000000277. The van der Waals surface area contributed by atoms with Crippen LogP contribution < -0.4 is 10.6 Å². The van der Waals surface area contributed by atoms with Crippen LogP contribution in [0.25, 0.3) is 11.1 Å². The number of aromatic nitrogens is 1. The SMILES string of the molecule is NCC1CCN(c2nc3cc(Cl)ccc3o2)CC1.O=C(O)C(F)(F)F. The molecule has 0 spiro atoms. The predicted molar refractivity (Wildman–Crippen MR) is 86.7 cm³/mol. The second-order valence-corrected chi connectivity index (χ2v) is 6.01. The monoisotopic (exact) mass is 379 g/mol. The van der Waals surface area contributed by atoms with Crippen molar-refractivity contribution in [3.05, 3.63) is 23.2 Å². The largest absolute Gasteiger partial charge is 0.490 e. The van der Waals surface area contributed by atoms with Crippen molar-refractivity contribution >= 4 is 34.7 Å². The van der Waals surface area contributed by atoms with Gasteiger partial charge in [0.25, 0.3) is 6.01 Å². The minimum atomic E-state index is -5.08. The Labute approximate surface area is 146 Å². The van der Waals surface area contributed by atoms with Crippen molar-refractivity contribution in [2.45, 2.75) is 19.0 Å². The van der Waals surface area contributed by atoms with Crippen molar-refractivity contribution in [2.75, 3.05) is 24.5 Å². The van der Waals surface area contributed by atoms with Crippen LogP contribution in [0.3, 0.4) is 0 Å². The molecule has 0 saturated carbocycles. The molecule has 0 bridgehead atoms. The number of hydrogen-bond donors (Lipinski definition) is 2. The van der Waals surface area contributed by atoms with Crippen LogP contribution >= 0.6 is 11.6 Å². The van der Waals surface area contributed by atoms with Gasteiger partial charge in [0.05, 0.1) is 0 Å². The Hall–Kier alpha value is -2.00. The van der Waals surface area contributed by atoms with Crippen molar-refractivity contribution in [1.82, 2.24) is 4.98 Å². The van der Waals surface area contributed by atoms with Gasteiger partial charge in [-0.1, -0.05) is 11.6 Å². The van der Waals surface area contributed by atoms with E-state index in [2.05, 4.69) is 9.88 Å². The molecule has 3 N–H and O–H groups in total. The second kappa shape index (κ2) is 7.92. The molecule has 1 saturated heterocycles. The minimum absolute atomic E-state index is 0.639. The lowest BCUT2D eigenvalue weighted by Gasteiger charge is -2.29. The van der Waals surface area contributed by atoms with Gasteiger partial charge in [0, 0.05) is 18.1 Å². The topological polar surface area (TPSA) is 92.6 Å². The van der Waals surface area contributed by atoms with Gasteiger partial charge in [-0.25, -0.2) is 4.79 Å². The molecule has 1 aromatic heterocycles. The zero-order valence-electron chi connectivity index (χ0n) is 13.1. The molecule has 0 atom stereocenters. The summed E-state index contributed by atoms with van der Waals surface area (Å²) >= 11 is 5.94. The highest BCUT2D eigenvalue weighted by molar-refractivity contribution is 6.31. The van der Waals surface area contributed by atoms with E-state index in [1.807, 2.05) is 18.2 Å². The first-order valence-corrected chi connectivity index (χ1v) is 7.89. The van der Waals surface area contributed by atoms with Crippen LogP contribution in [0.1, 0.15) is 12.8 Å². The molecule has 2 heterocycles. The van der Waals surface area contributed by atoms with Crippen LogP contribution in [-0.2, 0) is 4.79 Å². The van der Waals surface area contributed by atoms with E-state index in [4.69, 9.17) is 31.7 Å². The van der Waals surface area contributed by atoms with E-state index in [1.165, 1.54) is 0 Å². The third-order valence-electron chi connectivity index (χ3n) is 3.80. The summed E-state index contributed by atoms with van der Waals surface area (Å²) in [6.45, 7) is 2.70. The number of benzene rings is 1. The number of rotatable bonds is 2. The fourth-order valence-electron chi connectivity index (χ4n) is 2.38. The van der Waals surface area contributed by atoms with E-state index in [0.717, 1.165) is 43.6 Å². The molecule has 1 aromatic carbocycles. The maximum Gasteiger partial charge on any atom is 0.490 e. The normalized spacial score (nSPS) is 15.8. The summed E-state index contributed by atoms with van der Waals surface area (Å²) in [6, 6.07) is 6.21. The highest BCUT2D eigenvalue weighted by Gasteiger charge is 2.38. The zero-order valence-corrected chi connectivity index (χ0v) is 13.8. The van der Waals surface area contributed by atoms with Gasteiger partial charge in [-0.05, 0) is 43.5 Å². The standard InChI is InChI=1S/C13H16ClN3O.C2HF3O2/c14-10-1-2-12-11(7-10)16-13(18-12)17-5-3-9(8-15)4-6-17;3-2(4,5)1(6)7/h1-2,7,9H,3-6,8,15H2;(H,6,7). The molecule has 1 aliphatic heterocycles. The molecular formula is C15H17ClF3N3O3. The summed E-state index contributed by atoms with van der Waals surface area (Å²) < 4.78 is 37.5. The number of carboxylic acid groups (broad SMARTS) is 1. The molecule has 25 heavy (non-hydrogen) atoms. The van der Waals surface area contributed by atoms with Gasteiger partial charge in [-0.15, -0.1) is 0 Å². The van der Waals surface area contributed by atoms with Crippen LogP contribution in [0.2, 0.25) is 5.02 Å². The van der Waals surface area contributed by atoms with Crippen molar-refractivity contribution < 1.29 is 27.5 Å². The third-order valence-corrected chi connectivity index (χ3v) is 4.03. The number of carbonyl (C=O) groups is 1. The van der Waals surface area contributed by atoms with Crippen molar-refractivity contribution in [3.63, 3.8) is 0 Å². The molecule has 0 aliphatic carbocycles. The summed E-state index contributed by atoms with van der Waals surface area (Å²) in [5, 5.41) is 7.81. The molecule has 2 aromatic rings. The predicted octanol–water partition coefficient (Wildman–Crippen LogP) is 3.29. The molecular weight excluding hydrogens is 363 g/mol. The van der Waals surface area contributed by atoms with Crippen molar-refractivity contribution in [3.8, 4) is 0 Å². The summed E-state index contributed by atoms with van der Waals surface area (Å²) in [6.07, 6.45) is -2.87. The molecule has 1 fully saturated rings. The summed E-state index contributed by atoms with van der Waals surface area (Å²) in [5.74, 6) is -2.12. The first kappa shape index (κ1) is 19.3. The number of halogens is 4. The maximum atomic E-state index is 10.6. The van der Waals surface area contributed by atoms with Crippen LogP contribution in [-0.4, -0.2) is 41.9 Å². The smallest absolute Gasteiger partial charge is 0.475 e. The van der Waals surface area contributed by atoms with Gasteiger partial charge in [-0.3, -0.25) is 0 Å². The lowest BCUT2D eigenvalue weighted by atomic mass is 9.97. The fraction of sp³-hybridized carbons (Fsp3) is 0.467. The quantitative estimate of drug-likeness (QED) is 0.831. The van der Waals surface area contributed by atoms with E-state index >= 15 is 0 Å². The summed E-state index contributed by atoms with van der Waals surface area (Å²) in [7, 11) is 0. The maximum absolute atomic E-state index is 10.6. The molecule has 0 unspecified atom stereocenters. The third kappa shape index (κ3) is 5.23. The van der Waals surface area contributed by atoms with Gasteiger partial charge in [-0.2, -0.15) is 18.2 Å². The van der Waals surface area contributed by atoms with Gasteiger partial charge in [0.2, 0.25) is 0 Å². The number of oxazole rings is 1. The number of hydrogen-bond acceptors (Lipinski definition) is 5. The highest BCUT2D eigenvalue weighted by Crippen LogP contribution is 2.27. The highest BCUT2D eigenvalue weighted by atomic mass is 35.5. The van der Waals surface area contributed by atoms with Gasteiger partial charge in [0.15, 0.2) is 5.58 Å². The average Bonchev–Trinajstić information content (AvgIpc) is 2.97. The Morgan fingerprint density at radius 3 is 2.52 bits per heavy atom. The van der Waals surface area contributed by atoms with Crippen LogP contribution in [0.4, 0.5) is 19.2 Å². The van der Waals surface area contributed by atoms with Crippen LogP contribution in [0.5, 0.6) is 0 Å². The lowest BCUT2D eigenvalue weighted by molar-refractivity contribution is -0.192. The average molecular weight is 380 g/mol. The number of nitrogens with zero attached hydrogens (tertiary/aromatic N) is 2. The number of carboxylic acids is 1. The van der Waals surface area contributed by atoms with E-state index in [0.29, 0.717) is 17.0 Å². The first-order chi connectivity index (χ1) is 11.7. The Kier molecular flexibility index (Phi) is 6.12. The zero-order chi connectivity index (χ0) is 18.6. The Bertz CT molecular complexity index is 728. The lowest BCUT2D eigenvalue weighted by Crippen LogP contribution is -2.36. The molecule has 0 amide bonds. The Morgan fingerprint density at radius 2 is 2.00 bits per heavy atom. The van der Waals surface area contributed by atoms with Crippen molar-refractivity contribution in [2.24, 2.45) is 11.7 Å². The minimum Gasteiger partial charge on any atom is -0.475 e. The van der Waals surface area contributed by atoms with E-state index < -0.39 is 12.1 Å². The molecule has 1 aliphatic rings. The van der Waals surface area contributed by atoms with Crippen LogP contribution in [0.15, 0.2) is 22.6 Å². The van der Waals surface area contributed by atoms with Gasteiger partial charge >= 0.3 is 12.1 Å². The molecule has 10 heteroatoms. The summed E-state index contributed by atoms with van der Waals surface area (Å²) in [5.41, 5.74) is 7.30. The van der Waals surface area contributed by atoms with Gasteiger partial charge < -0.3 is 20.2 Å². The number of nitrogens with two attached hydrogens (primary N) is 1. The molecule has 138 valence electrons. The summed E-state index contributed by atoms with van der Waals surface area (Å²) in [4.78, 5) is 15.6. The second-order valence-electron chi connectivity index (χ2n) is 5.58. The number of aliphatic carboxylic acids is 1. The number of alkyl halides is 3.